The standard InChI is InChI=1S/C13H18O4/c1-9(14)5-10-6-12(16-3)13(17-4)7-11(10)8-15-2/h6-7H,5,8H2,1-4H3. The molecular formula is C13H18O4. The number of methoxy groups -OCH3 is 3. The molecule has 0 N–H and O–H groups in total. The highest BCUT2D eigenvalue weighted by Crippen LogP contribution is 2.31. The Kier molecular flexibility index (Phi) is 4.97. The molecule has 0 spiro atoms. The lowest BCUT2D eigenvalue weighted by atomic mass is 10.0. The Morgan fingerprint density at radius 3 is 2.00 bits per heavy atom. The molecule has 1 aromatic carbocycles. The SMILES string of the molecule is COCc1cc(OC)c(OC)cc1CC(C)=O. The van der Waals surface area contributed by atoms with Crippen LogP contribution in [0.1, 0.15) is 18.1 Å². The second-order valence-corrected chi connectivity index (χ2v) is 3.79. The summed E-state index contributed by atoms with van der Waals surface area (Å²) in [5, 5.41) is 0. The molecule has 0 bridgehead atoms. The van der Waals surface area contributed by atoms with Gasteiger partial charge in [0.2, 0.25) is 0 Å². The van der Waals surface area contributed by atoms with Crippen LogP contribution in [0.5, 0.6) is 11.5 Å². The molecule has 0 radical (unpaired) electrons. The summed E-state index contributed by atoms with van der Waals surface area (Å²) in [6.45, 7) is 2.01. The molecule has 0 saturated carbocycles. The van der Waals surface area contributed by atoms with Crippen LogP contribution >= 0.6 is 0 Å². The summed E-state index contributed by atoms with van der Waals surface area (Å²) >= 11 is 0. The average Bonchev–Trinajstić information content (AvgIpc) is 2.30. The molecule has 0 atom stereocenters. The summed E-state index contributed by atoms with van der Waals surface area (Å²) in [5.41, 5.74) is 1.86. The number of carbonyl (C=O) groups excluding carboxylic acids is 1. The number of hydrogen-bond acceptors (Lipinski definition) is 4. The van der Waals surface area contributed by atoms with Gasteiger partial charge in [0.1, 0.15) is 5.78 Å². The number of ether oxygens (including phenoxy) is 3. The largest absolute Gasteiger partial charge is 0.493 e. The lowest BCUT2D eigenvalue weighted by molar-refractivity contribution is -0.116. The van der Waals surface area contributed by atoms with Crippen molar-refractivity contribution < 1.29 is 19.0 Å². The normalized spacial score (nSPS) is 10.1. The number of ketones is 1. The number of benzene rings is 1. The van der Waals surface area contributed by atoms with Crippen LogP contribution in [0.2, 0.25) is 0 Å². The van der Waals surface area contributed by atoms with Gasteiger partial charge in [-0.2, -0.15) is 0 Å². The van der Waals surface area contributed by atoms with E-state index in [9.17, 15) is 4.79 Å². The van der Waals surface area contributed by atoms with Crippen LogP contribution in [0.15, 0.2) is 12.1 Å². The summed E-state index contributed by atoms with van der Waals surface area (Å²) in [5.74, 6) is 1.38. The van der Waals surface area contributed by atoms with Gasteiger partial charge in [0.15, 0.2) is 11.5 Å². The molecule has 4 nitrogen and oxygen atoms in total. The van der Waals surface area contributed by atoms with E-state index in [0.717, 1.165) is 11.1 Å². The molecule has 4 heteroatoms. The summed E-state index contributed by atoms with van der Waals surface area (Å²) in [6.07, 6.45) is 0.374. The van der Waals surface area contributed by atoms with E-state index in [2.05, 4.69) is 0 Å². The van der Waals surface area contributed by atoms with Gasteiger partial charge in [-0.3, -0.25) is 4.79 Å². The molecule has 0 heterocycles. The maximum absolute atomic E-state index is 11.2. The van der Waals surface area contributed by atoms with Gasteiger partial charge in [0.25, 0.3) is 0 Å². The van der Waals surface area contributed by atoms with E-state index < -0.39 is 0 Å². The smallest absolute Gasteiger partial charge is 0.161 e. The summed E-state index contributed by atoms with van der Waals surface area (Å²) < 4.78 is 15.5. The summed E-state index contributed by atoms with van der Waals surface area (Å²) in [6, 6.07) is 3.68. The van der Waals surface area contributed by atoms with Crippen molar-refractivity contribution in [1.29, 1.82) is 0 Å². The Bertz CT molecular complexity index is 399. The maximum atomic E-state index is 11.2. The minimum atomic E-state index is 0.106. The highest BCUT2D eigenvalue weighted by Gasteiger charge is 2.12. The minimum absolute atomic E-state index is 0.106. The molecule has 0 fully saturated rings. The highest BCUT2D eigenvalue weighted by atomic mass is 16.5. The van der Waals surface area contributed by atoms with Gasteiger partial charge in [-0.25, -0.2) is 0 Å². The fourth-order valence-corrected chi connectivity index (χ4v) is 1.69. The number of carbonyl (C=O) groups is 1. The summed E-state index contributed by atoms with van der Waals surface area (Å²) in [7, 11) is 4.78. The Labute approximate surface area is 101 Å². The first-order chi connectivity index (χ1) is 8.12. The van der Waals surface area contributed by atoms with Crippen LogP contribution in [0.3, 0.4) is 0 Å². The van der Waals surface area contributed by atoms with E-state index in [4.69, 9.17) is 14.2 Å². The minimum Gasteiger partial charge on any atom is -0.493 e. The van der Waals surface area contributed by atoms with Crippen molar-refractivity contribution in [3.63, 3.8) is 0 Å². The zero-order valence-electron chi connectivity index (χ0n) is 10.7. The van der Waals surface area contributed by atoms with Crippen LogP contribution in [-0.2, 0) is 22.6 Å². The molecule has 0 saturated heterocycles. The topological polar surface area (TPSA) is 44.8 Å². The van der Waals surface area contributed by atoms with Crippen LogP contribution in [0, 0.1) is 0 Å². The molecule has 0 aliphatic rings. The third-order valence-corrected chi connectivity index (χ3v) is 2.45. The molecule has 17 heavy (non-hydrogen) atoms. The van der Waals surface area contributed by atoms with Gasteiger partial charge < -0.3 is 14.2 Å². The zero-order valence-corrected chi connectivity index (χ0v) is 10.7. The van der Waals surface area contributed by atoms with Gasteiger partial charge in [-0.05, 0) is 30.2 Å². The molecule has 0 unspecified atom stereocenters. The molecular weight excluding hydrogens is 220 g/mol. The van der Waals surface area contributed by atoms with Gasteiger partial charge >= 0.3 is 0 Å². The Balaban J connectivity index is 3.19. The predicted octanol–water partition coefficient (Wildman–Crippen LogP) is 1.98. The Morgan fingerprint density at radius 1 is 1.06 bits per heavy atom. The third kappa shape index (κ3) is 3.46. The van der Waals surface area contributed by atoms with Gasteiger partial charge in [0, 0.05) is 13.5 Å². The maximum Gasteiger partial charge on any atom is 0.161 e. The molecule has 1 rings (SSSR count). The zero-order chi connectivity index (χ0) is 12.8. The van der Waals surface area contributed by atoms with Crippen molar-refractivity contribution in [1.82, 2.24) is 0 Å². The van der Waals surface area contributed by atoms with E-state index in [1.807, 2.05) is 12.1 Å². The molecule has 0 aliphatic carbocycles. The molecule has 94 valence electrons. The molecule has 0 aromatic heterocycles. The monoisotopic (exact) mass is 238 g/mol. The van der Waals surface area contributed by atoms with Gasteiger partial charge in [0.05, 0.1) is 20.8 Å². The van der Waals surface area contributed by atoms with E-state index in [-0.39, 0.29) is 5.78 Å². The van der Waals surface area contributed by atoms with Gasteiger partial charge in [-0.15, -0.1) is 0 Å². The fourth-order valence-electron chi connectivity index (χ4n) is 1.69. The van der Waals surface area contributed by atoms with Crippen molar-refractivity contribution in [3.8, 4) is 11.5 Å². The number of Topliss-reactive ketones (excluding diaryl/α,β-unsaturated/α-hetero) is 1. The lowest BCUT2D eigenvalue weighted by Gasteiger charge is -2.13. The van der Waals surface area contributed by atoms with Crippen molar-refractivity contribution >= 4 is 5.78 Å². The van der Waals surface area contributed by atoms with Crippen LogP contribution < -0.4 is 9.47 Å². The van der Waals surface area contributed by atoms with E-state index in [1.165, 1.54) is 0 Å². The van der Waals surface area contributed by atoms with Crippen molar-refractivity contribution in [3.05, 3.63) is 23.3 Å². The van der Waals surface area contributed by atoms with Crippen LogP contribution in [0.4, 0.5) is 0 Å². The summed E-state index contributed by atoms with van der Waals surface area (Å²) in [4.78, 5) is 11.2. The highest BCUT2D eigenvalue weighted by molar-refractivity contribution is 5.79. The molecule has 0 aliphatic heterocycles. The predicted molar refractivity (Wildman–Crippen MR) is 64.6 cm³/mol. The third-order valence-electron chi connectivity index (χ3n) is 2.45. The second-order valence-electron chi connectivity index (χ2n) is 3.79. The Morgan fingerprint density at radius 2 is 1.59 bits per heavy atom. The first-order valence-electron chi connectivity index (χ1n) is 5.34. The van der Waals surface area contributed by atoms with Crippen LogP contribution in [-0.4, -0.2) is 27.1 Å². The average molecular weight is 238 g/mol. The fraction of sp³-hybridized carbons (Fsp3) is 0.462. The Hall–Kier alpha value is -1.55. The molecule has 1 aromatic rings. The van der Waals surface area contributed by atoms with Crippen molar-refractivity contribution in [2.24, 2.45) is 0 Å². The van der Waals surface area contributed by atoms with Crippen molar-refractivity contribution in [2.75, 3.05) is 21.3 Å². The van der Waals surface area contributed by atoms with E-state index in [1.54, 1.807) is 28.3 Å². The lowest BCUT2D eigenvalue weighted by Crippen LogP contribution is -2.04. The second kappa shape index (κ2) is 6.25. The molecule has 0 amide bonds. The van der Waals surface area contributed by atoms with Gasteiger partial charge in [-0.1, -0.05) is 0 Å². The van der Waals surface area contributed by atoms with Crippen LogP contribution in [0.25, 0.3) is 0 Å². The first kappa shape index (κ1) is 13.5. The quantitative estimate of drug-likeness (QED) is 0.760. The first-order valence-corrected chi connectivity index (χ1v) is 5.34. The van der Waals surface area contributed by atoms with E-state index in [0.29, 0.717) is 24.5 Å². The van der Waals surface area contributed by atoms with E-state index >= 15 is 0 Å². The number of hydrogen-bond donors (Lipinski definition) is 0. The van der Waals surface area contributed by atoms with Crippen molar-refractivity contribution in [2.45, 2.75) is 20.0 Å². The number of rotatable bonds is 6.